The lowest BCUT2D eigenvalue weighted by molar-refractivity contribution is 0.595. The molecule has 0 bridgehead atoms. The Labute approximate surface area is 137 Å². The summed E-state index contributed by atoms with van der Waals surface area (Å²) in [6, 6.07) is 16.0. The molecule has 0 aliphatic heterocycles. The highest BCUT2D eigenvalue weighted by atomic mass is 32.2. The predicted octanol–water partition coefficient (Wildman–Crippen LogP) is 4.60. The van der Waals surface area contributed by atoms with Gasteiger partial charge in [0.05, 0.1) is 9.79 Å². The molecule has 0 spiro atoms. The zero-order valence-electron chi connectivity index (χ0n) is 12.9. The number of rotatable bonds is 8. The van der Waals surface area contributed by atoms with E-state index < -0.39 is 9.84 Å². The van der Waals surface area contributed by atoms with Gasteiger partial charge in [0.15, 0.2) is 0 Å². The third kappa shape index (κ3) is 4.37. The van der Waals surface area contributed by atoms with Gasteiger partial charge in [-0.05, 0) is 48.1 Å². The fourth-order valence-corrected chi connectivity index (χ4v) is 4.83. The molecule has 0 atom stereocenters. The second kappa shape index (κ2) is 8.39. The van der Waals surface area contributed by atoms with E-state index in [4.69, 9.17) is 0 Å². The molecule has 2 rings (SSSR count). The van der Waals surface area contributed by atoms with Gasteiger partial charge in [0.25, 0.3) is 0 Å². The monoisotopic (exact) mass is 334 g/mol. The lowest BCUT2D eigenvalue weighted by Gasteiger charge is -2.10. The van der Waals surface area contributed by atoms with Gasteiger partial charge >= 0.3 is 0 Å². The lowest BCUT2D eigenvalue weighted by Crippen LogP contribution is -2.06. The highest BCUT2D eigenvalue weighted by molar-refractivity contribution is 7.99. The van der Waals surface area contributed by atoms with Gasteiger partial charge in [-0.25, -0.2) is 8.42 Å². The van der Waals surface area contributed by atoms with Gasteiger partial charge in [0.2, 0.25) is 9.84 Å². The quantitative estimate of drug-likeness (QED) is 0.662. The molecule has 0 saturated carbocycles. The molecule has 0 aromatic heterocycles. The van der Waals surface area contributed by atoms with Crippen LogP contribution in [0.1, 0.15) is 25.3 Å². The lowest BCUT2D eigenvalue weighted by atomic mass is 10.2. The second-order valence-electron chi connectivity index (χ2n) is 5.14. The highest BCUT2D eigenvalue weighted by Gasteiger charge is 2.20. The molecule has 2 aromatic rings. The zero-order valence-corrected chi connectivity index (χ0v) is 14.5. The molecule has 22 heavy (non-hydrogen) atoms. The minimum atomic E-state index is -3.43. The van der Waals surface area contributed by atoms with E-state index in [9.17, 15) is 8.42 Å². The number of hydrogen-bond donors (Lipinski definition) is 0. The molecule has 2 aromatic carbocycles. The van der Waals surface area contributed by atoms with E-state index in [1.807, 2.05) is 30.0 Å². The average molecular weight is 335 g/mol. The van der Waals surface area contributed by atoms with Gasteiger partial charge in [-0.1, -0.05) is 49.7 Å². The summed E-state index contributed by atoms with van der Waals surface area (Å²) >= 11 is 1.89. The largest absolute Gasteiger partial charge is 0.219 e. The van der Waals surface area contributed by atoms with E-state index in [0.29, 0.717) is 9.79 Å². The Kier molecular flexibility index (Phi) is 6.52. The summed E-state index contributed by atoms with van der Waals surface area (Å²) < 4.78 is 25.6. The van der Waals surface area contributed by atoms with Crippen molar-refractivity contribution in [3.8, 4) is 0 Å². The minimum Gasteiger partial charge on any atom is -0.219 e. The average Bonchev–Trinajstić information content (AvgIpc) is 2.56. The van der Waals surface area contributed by atoms with Crippen molar-refractivity contribution in [1.29, 1.82) is 0 Å². The Morgan fingerprint density at radius 3 is 2.32 bits per heavy atom. The van der Waals surface area contributed by atoms with Gasteiger partial charge < -0.3 is 0 Å². The number of benzene rings is 2. The van der Waals surface area contributed by atoms with Crippen LogP contribution in [0, 0.1) is 0 Å². The summed E-state index contributed by atoms with van der Waals surface area (Å²) in [7, 11) is -3.43. The maximum Gasteiger partial charge on any atom is 0.206 e. The number of unbranched alkanes of at least 4 members (excludes halogenated alkanes) is 1. The van der Waals surface area contributed by atoms with Crippen molar-refractivity contribution in [2.75, 3.05) is 11.5 Å². The number of thioether (sulfide) groups is 1. The summed E-state index contributed by atoms with van der Waals surface area (Å²) in [5.41, 5.74) is 0.912. The minimum absolute atomic E-state index is 0.362. The molecule has 0 unspecified atom stereocenters. The van der Waals surface area contributed by atoms with Crippen LogP contribution in [0.25, 0.3) is 0 Å². The van der Waals surface area contributed by atoms with Gasteiger partial charge in [-0.15, -0.1) is 0 Å². The molecule has 0 heterocycles. The summed E-state index contributed by atoms with van der Waals surface area (Å²) in [6.07, 6.45) is 3.21. The maximum atomic E-state index is 12.8. The van der Waals surface area contributed by atoms with Crippen LogP contribution in [0.5, 0.6) is 0 Å². The van der Waals surface area contributed by atoms with Crippen molar-refractivity contribution in [2.45, 2.75) is 36.0 Å². The first-order valence-corrected chi connectivity index (χ1v) is 10.3. The molecule has 0 radical (unpaired) electrons. The summed E-state index contributed by atoms with van der Waals surface area (Å²) in [4.78, 5) is 0.804. The maximum absolute atomic E-state index is 12.8. The van der Waals surface area contributed by atoms with Crippen molar-refractivity contribution in [1.82, 2.24) is 0 Å². The molecule has 4 heteroatoms. The van der Waals surface area contributed by atoms with E-state index >= 15 is 0 Å². The van der Waals surface area contributed by atoms with Crippen LogP contribution in [0.4, 0.5) is 0 Å². The van der Waals surface area contributed by atoms with Crippen LogP contribution in [0.2, 0.25) is 0 Å². The third-order valence-corrected chi connectivity index (χ3v) is 6.41. The Balaban J connectivity index is 2.18. The highest BCUT2D eigenvalue weighted by Crippen LogP contribution is 2.25. The molecule has 2 nitrogen and oxygen atoms in total. The zero-order chi connectivity index (χ0) is 15.8. The smallest absolute Gasteiger partial charge is 0.206 e. The molecule has 0 aliphatic rings. The Morgan fingerprint density at radius 2 is 1.59 bits per heavy atom. The van der Waals surface area contributed by atoms with E-state index in [2.05, 4.69) is 6.92 Å². The Hall–Kier alpha value is -1.26. The number of aryl methyl sites for hydroxylation is 1. The summed E-state index contributed by atoms with van der Waals surface area (Å²) in [5, 5.41) is 0. The summed E-state index contributed by atoms with van der Waals surface area (Å²) in [6.45, 7) is 2.18. The molecular weight excluding hydrogens is 312 g/mol. The fourth-order valence-electron chi connectivity index (χ4n) is 2.23. The molecule has 0 N–H and O–H groups in total. The topological polar surface area (TPSA) is 34.1 Å². The molecule has 0 aliphatic carbocycles. The van der Waals surface area contributed by atoms with E-state index in [-0.39, 0.29) is 0 Å². The van der Waals surface area contributed by atoms with Crippen LogP contribution in [-0.4, -0.2) is 19.9 Å². The van der Waals surface area contributed by atoms with E-state index in [1.54, 1.807) is 36.4 Å². The molecule has 0 amide bonds. The van der Waals surface area contributed by atoms with Crippen molar-refractivity contribution in [2.24, 2.45) is 0 Å². The van der Waals surface area contributed by atoms with Crippen LogP contribution in [-0.2, 0) is 16.3 Å². The third-order valence-electron chi connectivity index (χ3n) is 3.47. The SMILES string of the molecule is CCCCSCCc1ccccc1S(=O)(=O)c1ccccc1. The molecular formula is C18H22O2S2. The van der Waals surface area contributed by atoms with E-state index in [0.717, 1.165) is 23.5 Å². The van der Waals surface area contributed by atoms with Crippen molar-refractivity contribution >= 4 is 21.6 Å². The van der Waals surface area contributed by atoms with Crippen molar-refractivity contribution < 1.29 is 8.42 Å². The first-order chi connectivity index (χ1) is 10.7. The van der Waals surface area contributed by atoms with Crippen LogP contribution >= 0.6 is 11.8 Å². The normalized spacial score (nSPS) is 11.5. The van der Waals surface area contributed by atoms with Gasteiger partial charge in [0.1, 0.15) is 0 Å². The standard InChI is InChI=1S/C18H22O2S2/c1-2-3-14-21-15-13-16-9-7-8-12-18(16)22(19,20)17-10-5-4-6-11-17/h4-12H,2-3,13-15H2,1H3. The number of sulfone groups is 1. The first-order valence-electron chi connectivity index (χ1n) is 7.62. The van der Waals surface area contributed by atoms with Crippen LogP contribution in [0.3, 0.4) is 0 Å². The van der Waals surface area contributed by atoms with Gasteiger partial charge in [0, 0.05) is 0 Å². The Bertz CT molecular complexity index is 679. The van der Waals surface area contributed by atoms with Gasteiger partial charge in [-0.2, -0.15) is 11.8 Å². The fraction of sp³-hybridized carbons (Fsp3) is 0.333. The van der Waals surface area contributed by atoms with Gasteiger partial charge in [-0.3, -0.25) is 0 Å². The van der Waals surface area contributed by atoms with Crippen molar-refractivity contribution in [3.05, 3.63) is 60.2 Å². The predicted molar refractivity (Wildman–Crippen MR) is 94.3 cm³/mol. The van der Waals surface area contributed by atoms with Crippen LogP contribution < -0.4 is 0 Å². The number of hydrogen-bond acceptors (Lipinski definition) is 3. The second-order valence-corrected chi connectivity index (χ2v) is 8.28. The first kappa shape index (κ1) is 17.1. The van der Waals surface area contributed by atoms with E-state index in [1.165, 1.54) is 12.8 Å². The molecule has 0 fully saturated rings. The molecule has 0 saturated heterocycles. The molecule has 118 valence electrons. The van der Waals surface area contributed by atoms with Crippen LogP contribution in [0.15, 0.2) is 64.4 Å². The summed E-state index contributed by atoms with van der Waals surface area (Å²) in [5.74, 6) is 2.10. The van der Waals surface area contributed by atoms with Crippen molar-refractivity contribution in [3.63, 3.8) is 0 Å². The Morgan fingerprint density at radius 1 is 0.909 bits per heavy atom.